The van der Waals surface area contributed by atoms with Crippen LogP contribution in [0.5, 0.6) is 5.75 Å². The van der Waals surface area contributed by atoms with Gasteiger partial charge in [0.1, 0.15) is 17.4 Å². The number of hydrogen-bond acceptors (Lipinski definition) is 6. The van der Waals surface area contributed by atoms with Gasteiger partial charge in [0.05, 0.1) is 11.8 Å². The second kappa shape index (κ2) is 6.32. The maximum atomic E-state index is 10.4. The van der Waals surface area contributed by atoms with Crippen molar-refractivity contribution in [2.75, 3.05) is 24.5 Å². The molecule has 2 N–H and O–H groups in total. The van der Waals surface area contributed by atoms with E-state index >= 15 is 0 Å². The van der Waals surface area contributed by atoms with E-state index in [9.17, 15) is 5.11 Å². The molecule has 8 heteroatoms. The topological polar surface area (TPSA) is 79.1 Å². The number of benzene rings is 1. The predicted molar refractivity (Wildman–Crippen MR) is 110 cm³/mol. The molecule has 0 radical (unpaired) electrons. The molecule has 28 heavy (non-hydrogen) atoms. The number of nitrogens with one attached hydrogen (secondary N) is 1. The Morgan fingerprint density at radius 1 is 1.25 bits per heavy atom. The Bertz CT molecular complexity index is 1050. The Morgan fingerprint density at radius 3 is 2.86 bits per heavy atom. The number of phenolic OH excluding ortho intramolecular Hbond substituents is 1. The van der Waals surface area contributed by atoms with Crippen LogP contribution in [0, 0.1) is 6.92 Å². The van der Waals surface area contributed by atoms with Gasteiger partial charge in [0.2, 0.25) is 0 Å². The summed E-state index contributed by atoms with van der Waals surface area (Å²) in [6.07, 6.45) is 5.43. The van der Waals surface area contributed by atoms with Crippen LogP contribution in [-0.2, 0) is 7.05 Å². The fourth-order valence-corrected chi connectivity index (χ4v) is 4.90. The third kappa shape index (κ3) is 2.72. The summed E-state index contributed by atoms with van der Waals surface area (Å²) in [7, 11) is 1.89. The first-order chi connectivity index (χ1) is 13.5. The lowest BCUT2D eigenvalue weighted by molar-refractivity contribution is 0.418. The molecule has 2 aliphatic rings. The third-order valence-electron chi connectivity index (χ3n) is 6.08. The van der Waals surface area contributed by atoms with Gasteiger partial charge in [-0.15, -0.1) is 0 Å². The van der Waals surface area contributed by atoms with Gasteiger partial charge >= 0.3 is 0 Å². The molecule has 2 aromatic heterocycles. The van der Waals surface area contributed by atoms with Gasteiger partial charge in [-0.25, -0.2) is 15.0 Å². The molecule has 0 aliphatic carbocycles. The van der Waals surface area contributed by atoms with Crippen molar-refractivity contribution in [2.24, 2.45) is 7.05 Å². The number of aromatic hydroxyl groups is 1. The normalized spacial score (nSPS) is 22.0. The van der Waals surface area contributed by atoms with Gasteiger partial charge in [-0.2, -0.15) is 0 Å². The van der Waals surface area contributed by atoms with E-state index in [0.717, 1.165) is 37.4 Å². The molecule has 1 spiro atoms. The van der Waals surface area contributed by atoms with Gasteiger partial charge in [-0.3, -0.25) is 0 Å². The first-order valence-electron chi connectivity index (χ1n) is 9.65. The number of hydrogen-bond donors (Lipinski definition) is 2. The second-order valence-corrected chi connectivity index (χ2v) is 8.41. The third-order valence-corrected chi connectivity index (χ3v) is 6.30. The largest absolute Gasteiger partial charge is 0.507 e. The minimum Gasteiger partial charge on any atom is -0.507 e. The van der Waals surface area contributed by atoms with E-state index in [2.05, 4.69) is 15.2 Å². The minimum absolute atomic E-state index is 0.109. The summed E-state index contributed by atoms with van der Waals surface area (Å²) in [6, 6.07) is 3.36. The van der Waals surface area contributed by atoms with Gasteiger partial charge < -0.3 is 19.9 Å². The minimum atomic E-state index is 0.109. The highest BCUT2D eigenvalue weighted by atomic mass is 35.5. The van der Waals surface area contributed by atoms with E-state index in [1.165, 1.54) is 18.9 Å². The zero-order chi connectivity index (χ0) is 19.5. The highest BCUT2D eigenvalue weighted by Gasteiger charge is 2.40. The molecule has 2 fully saturated rings. The number of aryl methyl sites for hydroxylation is 2. The van der Waals surface area contributed by atoms with Crippen molar-refractivity contribution < 1.29 is 5.11 Å². The molecule has 3 aromatic rings. The number of aromatic nitrogens is 4. The lowest BCUT2D eigenvalue weighted by Crippen LogP contribution is -2.42. The molecule has 2 aliphatic heterocycles. The molecular formula is C20H23ClN6O. The Balaban J connectivity index is 1.54. The molecule has 7 nitrogen and oxygen atoms in total. The van der Waals surface area contributed by atoms with Crippen LogP contribution in [0.3, 0.4) is 0 Å². The molecule has 0 amide bonds. The second-order valence-electron chi connectivity index (χ2n) is 7.97. The fourth-order valence-electron chi connectivity index (χ4n) is 4.63. The van der Waals surface area contributed by atoms with Crippen LogP contribution in [0.15, 0.2) is 18.3 Å². The molecule has 1 atom stereocenters. The Morgan fingerprint density at radius 2 is 2.11 bits per heavy atom. The monoisotopic (exact) mass is 398 g/mol. The number of halogens is 1. The molecule has 5 rings (SSSR count). The zero-order valence-corrected chi connectivity index (χ0v) is 16.8. The van der Waals surface area contributed by atoms with Crippen molar-refractivity contribution >= 4 is 28.7 Å². The average molecular weight is 399 g/mol. The maximum Gasteiger partial charge on any atom is 0.200 e. The standard InChI is InChI=1S/C20H23ClN6O/c1-12-8-13(21)9-14(28)16(12)18-25-17-19(26(18)2)22-10-15(24-17)27-7-5-20(11-27)4-3-6-23-20/h8-10,23,28H,3-7,11H2,1-2H3. The number of fused-ring (bicyclic) bond motifs is 1. The summed E-state index contributed by atoms with van der Waals surface area (Å²) in [6.45, 7) is 4.95. The smallest absolute Gasteiger partial charge is 0.200 e. The van der Waals surface area contributed by atoms with E-state index < -0.39 is 0 Å². The zero-order valence-electron chi connectivity index (χ0n) is 16.0. The van der Waals surface area contributed by atoms with Crippen molar-refractivity contribution in [1.82, 2.24) is 24.8 Å². The van der Waals surface area contributed by atoms with Gasteiger partial charge in [0, 0.05) is 30.7 Å². The number of rotatable bonds is 2. The lowest BCUT2D eigenvalue weighted by Gasteiger charge is -2.24. The van der Waals surface area contributed by atoms with Crippen LogP contribution in [0.1, 0.15) is 24.8 Å². The van der Waals surface area contributed by atoms with Crippen molar-refractivity contribution in [2.45, 2.75) is 31.7 Å². The summed E-state index contributed by atoms with van der Waals surface area (Å²) in [4.78, 5) is 16.4. The highest BCUT2D eigenvalue weighted by Crippen LogP contribution is 2.36. The molecule has 146 valence electrons. The molecule has 1 aromatic carbocycles. The number of anilines is 1. The van der Waals surface area contributed by atoms with Gasteiger partial charge in [-0.1, -0.05) is 11.6 Å². The van der Waals surface area contributed by atoms with Crippen LogP contribution < -0.4 is 10.2 Å². The van der Waals surface area contributed by atoms with Crippen LogP contribution in [0.25, 0.3) is 22.7 Å². The van der Waals surface area contributed by atoms with E-state index in [4.69, 9.17) is 21.6 Å². The quantitative estimate of drug-likeness (QED) is 0.690. The SMILES string of the molecule is Cc1cc(Cl)cc(O)c1-c1nc2nc(N3CCC4(CCCN4)C3)cnc2n1C. The van der Waals surface area contributed by atoms with Crippen molar-refractivity contribution in [3.8, 4) is 17.1 Å². The Hall–Kier alpha value is -2.38. The number of phenols is 1. The van der Waals surface area contributed by atoms with E-state index in [0.29, 0.717) is 27.7 Å². The lowest BCUT2D eigenvalue weighted by atomic mass is 9.97. The summed E-state index contributed by atoms with van der Waals surface area (Å²) in [5, 5.41) is 14.6. The summed E-state index contributed by atoms with van der Waals surface area (Å²) in [5.41, 5.74) is 3.03. The summed E-state index contributed by atoms with van der Waals surface area (Å²) in [5.74, 6) is 1.60. The van der Waals surface area contributed by atoms with Gasteiger partial charge in [0.25, 0.3) is 0 Å². The van der Waals surface area contributed by atoms with E-state index in [1.54, 1.807) is 0 Å². The number of nitrogens with zero attached hydrogens (tertiary/aromatic N) is 5. The van der Waals surface area contributed by atoms with Crippen LogP contribution in [0.4, 0.5) is 5.82 Å². The average Bonchev–Trinajstić information content (AvgIpc) is 3.36. The maximum absolute atomic E-state index is 10.4. The van der Waals surface area contributed by atoms with Crippen LogP contribution in [-0.4, -0.2) is 49.8 Å². The summed E-state index contributed by atoms with van der Waals surface area (Å²) < 4.78 is 1.87. The van der Waals surface area contributed by atoms with E-state index in [-0.39, 0.29) is 11.3 Å². The number of imidazole rings is 1. The first kappa shape index (κ1) is 17.7. The molecule has 0 saturated carbocycles. The summed E-state index contributed by atoms with van der Waals surface area (Å²) >= 11 is 6.05. The Kier molecular flexibility index (Phi) is 4.00. The van der Waals surface area contributed by atoms with Crippen molar-refractivity contribution in [1.29, 1.82) is 0 Å². The fraction of sp³-hybridized carbons (Fsp3) is 0.450. The van der Waals surface area contributed by atoms with Crippen molar-refractivity contribution in [3.05, 3.63) is 28.9 Å². The van der Waals surface area contributed by atoms with E-state index in [1.807, 2.05) is 30.8 Å². The van der Waals surface area contributed by atoms with Crippen LogP contribution in [0.2, 0.25) is 5.02 Å². The van der Waals surface area contributed by atoms with Gasteiger partial charge in [0.15, 0.2) is 11.3 Å². The first-order valence-corrected chi connectivity index (χ1v) is 10.0. The molecule has 0 bridgehead atoms. The highest BCUT2D eigenvalue weighted by molar-refractivity contribution is 6.31. The molecular weight excluding hydrogens is 376 g/mol. The van der Waals surface area contributed by atoms with Gasteiger partial charge in [-0.05, 0) is 50.4 Å². The van der Waals surface area contributed by atoms with Crippen LogP contribution >= 0.6 is 11.6 Å². The molecule has 4 heterocycles. The predicted octanol–water partition coefficient (Wildman–Crippen LogP) is 3.03. The Labute approximate surface area is 168 Å². The van der Waals surface area contributed by atoms with Crippen molar-refractivity contribution in [3.63, 3.8) is 0 Å². The molecule has 2 saturated heterocycles. The molecule has 1 unspecified atom stereocenters.